The monoisotopic (exact) mass is 269 g/mol. The molecule has 0 aliphatic carbocycles. The second-order valence-corrected chi connectivity index (χ2v) is 4.21. The van der Waals surface area contributed by atoms with Crippen LogP contribution in [0.15, 0.2) is 45.6 Å². The fraction of sp³-hybridized carbons (Fsp3) is 0.133. The number of esters is 1. The maximum atomic E-state index is 11.9. The third-order valence-corrected chi connectivity index (χ3v) is 3.00. The van der Waals surface area contributed by atoms with E-state index < -0.39 is 11.7 Å². The number of aromatic nitrogens is 1. The van der Waals surface area contributed by atoms with E-state index in [1.54, 1.807) is 13.0 Å². The van der Waals surface area contributed by atoms with Crippen molar-refractivity contribution in [3.8, 4) is 0 Å². The largest absolute Gasteiger partial charge is 0.461 e. The SMILES string of the molecule is CCOC(=O)c1nc(=O)oc2c1ccc1ccccc12. The average molecular weight is 269 g/mol. The number of nitrogens with zero attached hydrogens (tertiary/aromatic N) is 1. The minimum absolute atomic E-state index is 0.0103. The van der Waals surface area contributed by atoms with Crippen LogP contribution in [0.2, 0.25) is 0 Å². The molecule has 100 valence electrons. The van der Waals surface area contributed by atoms with Gasteiger partial charge in [-0.05, 0) is 18.4 Å². The summed E-state index contributed by atoms with van der Waals surface area (Å²) in [5.74, 6) is -1.43. The zero-order chi connectivity index (χ0) is 14.1. The van der Waals surface area contributed by atoms with E-state index in [0.717, 1.165) is 10.8 Å². The average Bonchev–Trinajstić information content (AvgIpc) is 2.46. The molecule has 0 N–H and O–H groups in total. The normalized spacial score (nSPS) is 10.8. The number of fused-ring (bicyclic) bond motifs is 3. The van der Waals surface area contributed by atoms with E-state index >= 15 is 0 Å². The van der Waals surface area contributed by atoms with Crippen molar-refractivity contribution >= 4 is 27.7 Å². The van der Waals surface area contributed by atoms with Gasteiger partial charge in [0.1, 0.15) is 5.58 Å². The van der Waals surface area contributed by atoms with Gasteiger partial charge in [-0.15, -0.1) is 0 Å². The van der Waals surface area contributed by atoms with Crippen molar-refractivity contribution in [3.63, 3.8) is 0 Å². The van der Waals surface area contributed by atoms with Gasteiger partial charge in [-0.2, -0.15) is 4.98 Å². The number of benzene rings is 2. The third-order valence-electron chi connectivity index (χ3n) is 3.00. The van der Waals surface area contributed by atoms with Crippen molar-refractivity contribution in [2.24, 2.45) is 0 Å². The van der Waals surface area contributed by atoms with Gasteiger partial charge in [-0.3, -0.25) is 0 Å². The number of rotatable bonds is 2. The van der Waals surface area contributed by atoms with E-state index in [1.807, 2.05) is 30.3 Å². The van der Waals surface area contributed by atoms with Gasteiger partial charge in [-0.1, -0.05) is 30.3 Å². The maximum Gasteiger partial charge on any atom is 0.439 e. The van der Waals surface area contributed by atoms with Gasteiger partial charge in [0.15, 0.2) is 5.69 Å². The summed E-state index contributed by atoms with van der Waals surface area (Å²) in [5.41, 5.74) is 0.343. The second kappa shape index (κ2) is 4.77. The molecule has 1 aromatic heterocycles. The zero-order valence-electron chi connectivity index (χ0n) is 10.8. The van der Waals surface area contributed by atoms with Crippen LogP contribution in [-0.4, -0.2) is 17.6 Å². The Morgan fingerprint density at radius 3 is 2.80 bits per heavy atom. The standard InChI is InChI=1S/C15H11NO4/c1-2-19-14(17)12-11-8-7-9-5-3-4-6-10(9)13(11)20-15(18)16-12/h3-8H,2H2,1H3. The molecule has 0 unspecified atom stereocenters. The summed E-state index contributed by atoms with van der Waals surface area (Å²) in [7, 11) is 0. The molecule has 3 rings (SSSR count). The number of ether oxygens (including phenoxy) is 1. The van der Waals surface area contributed by atoms with Crippen LogP contribution in [0.4, 0.5) is 0 Å². The van der Waals surface area contributed by atoms with Crippen LogP contribution >= 0.6 is 0 Å². The maximum absolute atomic E-state index is 11.9. The predicted molar refractivity (Wildman–Crippen MR) is 73.7 cm³/mol. The van der Waals surface area contributed by atoms with Crippen LogP contribution in [0.3, 0.4) is 0 Å². The van der Waals surface area contributed by atoms with Crippen molar-refractivity contribution in [2.45, 2.75) is 6.92 Å². The summed E-state index contributed by atoms with van der Waals surface area (Å²) >= 11 is 0. The lowest BCUT2D eigenvalue weighted by Crippen LogP contribution is -2.15. The predicted octanol–water partition coefficient (Wildman–Crippen LogP) is 2.52. The van der Waals surface area contributed by atoms with E-state index in [-0.39, 0.29) is 12.3 Å². The molecule has 0 amide bonds. The second-order valence-electron chi connectivity index (χ2n) is 4.21. The fourth-order valence-corrected chi connectivity index (χ4v) is 2.16. The Kier molecular flexibility index (Phi) is 2.95. The lowest BCUT2D eigenvalue weighted by molar-refractivity contribution is 0.0520. The Bertz CT molecular complexity index is 867. The number of hydrogen-bond acceptors (Lipinski definition) is 5. The Morgan fingerprint density at radius 1 is 1.20 bits per heavy atom. The van der Waals surface area contributed by atoms with Crippen LogP contribution in [0.1, 0.15) is 17.4 Å². The van der Waals surface area contributed by atoms with E-state index in [1.165, 1.54) is 0 Å². The third kappa shape index (κ3) is 1.93. The highest BCUT2D eigenvalue weighted by atomic mass is 16.5. The van der Waals surface area contributed by atoms with Gasteiger partial charge in [0.05, 0.1) is 12.0 Å². The topological polar surface area (TPSA) is 69.4 Å². The Labute approximate surface area is 113 Å². The number of carbonyl (C=O) groups excluding carboxylic acids is 1. The first-order valence-corrected chi connectivity index (χ1v) is 6.20. The molecule has 2 aromatic carbocycles. The quantitative estimate of drug-likeness (QED) is 0.528. The van der Waals surface area contributed by atoms with Gasteiger partial charge >= 0.3 is 11.7 Å². The molecular weight excluding hydrogens is 258 g/mol. The molecule has 0 spiro atoms. The highest BCUT2D eigenvalue weighted by Gasteiger charge is 2.17. The summed E-state index contributed by atoms with van der Waals surface area (Å²) in [6.45, 7) is 1.91. The van der Waals surface area contributed by atoms with Gasteiger partial charge in [0.25, 0.3) is 0 Å². The summed E-state index contributed by atoms with van der Waals surface area (Å²) < 4.78 is 10.1. The minimum atomic E-state index is -0.808. The van der Waals surface area contributed by atoms with Gasteiger partial charge < -0.3 is 9.15 Å². The first kappa shape index (κ1) is 12.3. The fourth-order valence-electron chi connectivity index (χ4n) is 2.16. The molecule has 0 fully saturated rings. The molecule has 5 heteroatoms. The van der Waals surface area contributed by atoms with Gasteiger partial charge in [-0.25, -0.2) is 9.59 Å². The van der Waals surface area contributed by atoms with Crippen LogP contribution in [0.25, 0.3) is 21.7 Å². The number of hydrogen-bond donors (Lipinski definition) is 0. The Morgan fingerprint density at radius 2 is 2.00 bits per heavy atom. The molecule has 0 atom stereocenters. The van der Waals surface area contributed by atoms with Crippen molar-refractivity contribution in [3.05, 3.63) is 52.6 Å². The van der Waals surface area contributed by atoms with Crippen molar-refractivity contribution in [1.29, 1.82) is 0 Å². The Balaban J connectivity index is 2.40. The summed E-state index contributed by atoms with van der Waals surface area (Å²) in [4.78, 5) is 27.1. The molecule has 20 heavy (non-hydrogen) atoms. The van der Waals surface area contributed by atoms with E-state index in [9.17, 15) is 9.59 Å². The van der Waals surface area contributed by atoms with Crippen LogP contribution in [-0.2, 0) is 4.74 Å². The summed E-state index contributed by atoms with van der Waals surface area (Å²) in [6, 6.07) is 11.0. The summed E-state index contributed by atoms with van der Waals surface area (Å²) in [5, 5.41) is 2.15. The highest BCUT2D eigenvalue weighted by Crippen LogP contribution is 2.25. The van der Waals surface area contributed by atoms with E-state index in [0.29, 0.717) is 11.0 Å². The van der Waals surface area contributed by atoms with Gasteiger partial charge in [0, 0.05) is 5.39 Å². The van der Waals surface area contributed by atoms with Gasteiger partial charge in [0.2, 0.25) is 0 Å². The minimum Gasteiger partial charge on any atom is -0.461 e. The van der Waals surface area contributed by atoms with Crippen LogP contribution < -0.4 is 5.76 Å². The molecule has 0 saturated carbocycles. The van der Waals surface area contributed by atoms with Crippen LogP contribution in [0.5, 0.6) is 0 Å². The molecule has 0 saturated heterocycles. The molecule has 0 radical (unpaired) electrons. The van der Waals surface area contributed by atoms with Crippen molar-refractivity contribution in [1.82, 2.24) is 4.98 Å². The van der Waals surface area contributed by atoms with Crippen molar-refractivity contribution < 1.29 is 13.9 Å². The molecule has 0 aliphatic rings. The molecule has 3 aromatic rings. The van der Waals surface area contributed by atoms with E-state index in [4.69, 9.17) is 9.15 Å². The molecule has 0 aliphatic heterocycles. The molecule has 1 heterocycles. The smallest absolute Gasteiger partial charge is 0.439 e. The number of carbonyl (C=O) groups is 1. The lowest BCUT2D eigenvalue weighted by atomic mass is 10.1. The molecule has 0 bridgehead atoms. The molecular formula is C15H11NO4. The van der Waals surface area contributed by atoms with Crippen LogP contribution in [0, 0.1) is 0 Å². The molecule has 5 nitrogen and oxygen atoms in total. The van der Waals surface area contributed by atoms with E-state index in [2.05, 4.69) is 4.98 Å². The first-order chi connectivity index (χ1) is 9.70. The lowest BCUT2D eigenvalue weighted by Gasteiger charge is -2.06. The summed E-state index contributed by atoms with van der Waals surface area (Å²) in [6.07, 6.45) is 0. The Hall–Kier alpha value is -2.69. The van der Waals surface area contributed by atoms with Crippen molar-refractivity contribution in [2.75, 3.05) is 6.61 Å². The first-order valence-electron chi connectivity index (χ1n) is 6.20. The zero-order valence-corrected chi connectivity index (χ0v) is 10.8. The highest BCUT2D eigenvalue weighted by molar-refractivity contribution is 6.10.